The fraction of sp³-hybridized carbons (Fsp3) is 0.217. The molecule has 0 saturated carbocycles. The minimum atomic E-state index is -4.82. The lowest BCUT2D eigenvalue weighted by molar-refractivity contribution is -0.136. The normalized spacial score (nSPS) is 11.1. The first-order valence-corrected chi connectivity index (χ1v) is 10.4. The molecule has 1 aromatic heterocycles. The average molecular weight is 497 g/mol. The summed E-state index contributed by atoms with van der Waals surface area (Å²) < 4.78 is 56.8. The van der Waals surface area contributed by atoms with Crippen LogP contribution in [0, 0.1) is 0 Å². The maximum Gasteiger partial charge on any atom is 0.418 e. The number of furan rings is 1. The zero-order chi connectivity index (χ0) is 24.9. The van der Waals surface area contributed by atoms with Gasteiger partial charge in [-0.05, 0) is 48.9 Å². The van der Waals surface area contributed by atoms with Crippen molar-refractivity contribution in [3.63, 3.8) is 0 Å². The summed E-state index contributed by atoms with van der Waals surface area (Å²) in [5.74, 6) is -1.24. The Kier molecular flexibility index (Phi) is 7.72. The Morgan fingerprint density at radius 2 is 1.85 bits per heavy atom. The van der Waals surface area contributed by atoms with Gasteiger partial charge in [0, 0.05) is 11.3 Å². The number of nitrogens with one attached hydrogen (secondary N) is 2. The number of halogens is 4. The third kappa shape index (κ3) is 5.82. The Labute approximate surface area is 197 Å². The molecule has 2 amide bonds. The van der Waals surface area contributed by atoms with E-state index in [4.69, 9.17) is 25.5 Å². The first kappa shape index (κ1) is 25.0. The van der Waals surface area contributed by atoms with Gasteiger partial charge >= 0.3 is 6.18 Å². The summed E-state index contributed by atoms with van der Waals surface area (Å²) >= 11 is 6.20. The Balaban J connectivity index is 1.87. The van der Waals surface area contributed by atoms with Gasteiger partial charge in [-0.2, -0.15) is 13.2 Å². The van der Waals surface area contributed by atoms with Crippen LogP contribution in [0.1, 0.15) is 39.8 Å². The molecule has 0 aliphatic carbocycles. The van der Waals surface area contributed by atoms with Gasteiger partial charge in [-0.15, -0.1) is 0 Å². The van der Waals surface area contributed by atoms with E-state index in [1.165, 1.54) is 43.7 Å². The molecule has 0 atom stereocenters. The number of hydrogen-bond acceptors (Lipinski definition) is 5. The number of ether oxygens (including phenoxy) is 2. The predicted molar refractivity (Wildman–Crippen MR) is 120 cm³/mol. The molecule has 0 bridgehead atoms. The Morgan fingerprint density at radius 1 is 1.09 bits per heavy atom. The Hall–Kier alpha value is -3.66. The highest BCUT2D eigenvalue weighted by Gasteiger charge is 2.34. The van der Waals surface area contributed by atoms with Gasteiger partial charge in [0.1, 0.15) is 0 Å². The topological polar surface area (TPSA) is 89.8 Å². The minimum absolute atomic E-state index is 0.0333. The van der Waals surface area contributed by atoms with Crippen LogP contribution in [-0.2, 0) is 6.18 Å². The van der Waals surface area contributed by atoms with Crippen LogP contribution in [0.2, 0.25) is 5.02 Å². The maximum atomic E-state index is 13.7. The molecule has 3 rings (SSSR count). The van der Waals surface area contributed by atoms with Gasteiger partial charge in [0.25, 0.3) is 11.8 Å². The Bertz CT molecular complexity index is 1180. The van der Waals surface area contributed by atoms with E-state index >= 15 is 0 Å². The number of methoxy groups -OCH3 is 1. The zero-order valence-corrected chi connectivity index (χ0v) is 18.8. The van der Waals surface area contributed by atoms with Crippen LogP contribution < -0.4 is 20.1 Å². The van der Waals surface area contributed by atoms with Crippen molar-refractivity contribution in [3.05, 3.63) is 70.6 Å². The molecule has 0 aliphatic heterocycles. The lowest BCUT2D eigenvalue weighted by Crippen LogP contribution is -2.18. The summed E-state index contributed by atoms with van der Waals surface area (Å²) in [6.07, 6.45) is -2.85. The van der Waals surface area contributed by atoms with Crippen molar-refractivity contribution >= 4 is 34.8 Å². The molecule has 0 spiro atoms. The first-order valence-electron chi connectivity index (χ1n) is 10.0. The second kappa shape index (κ2) is 10.5. The van der Waals surface area contributed by atoms with Gasteiger partial charge in [-0.25, -0.2) is 0 Å². The van der Waals surface area contributed by atoms with Gasteiger partial charge in [0.05, 0.1) is 36.3 Å². The summed E-state index contributed by atoms with van der Waals surface area (Å²) in [4.78, 5) is 24.8. The summed E-state index contributed by atoms with van der Waals surface area (Å²) in [5.41, 5.74) is -1.82. The lowest BCUT2D eigenvalue weighted by atomic mass is 10.1. The van der Waals surface area contributed by atoms with Crippen LogP contribution in [0.5, 0.6) is 11.5 Å². The highest BCUT2D eigenvalue weighted by atomic mass is 35.5. The van der Waals surface area contributed by atoms with Crippen molar-refractivity contribution in [2.75, 3.05) is 24.4 Å². The van der Waals surface area contributed by atoms with Crippen LogP contribution in [0.15, 0.2) is 53.1 Å². The molecular weight excluding hydrogens is 477 g/mol. The number of anilines is 2. The van der Waals surface area contributed by atoms with Crippen molar-refractivity contribution < 1.29 is 36.7 Å². The molecule has 0 aliphatic rings. The first-order chi connectivity index (χ1) is 16.1. The smallest absolute Gasteiger partial charge is 0.418 e. The number of rotatable bonds is 8. The van der Waals surface area contributed by atoms with E-state index in [2.05, 4.69) is 10.6 Å². The van der Waals surface area contributed by atoms with E-state index in [-0.39, 0.29) is 33.5 Å². The molecule has 2 N–H and O–H groups in total. The molecule has 0 fully saturated rings. The molecule has 2 aromatic carbocycles. The van der Waals surface area contributed by atoms with E-state index in [1.807, 2.05) is 6.92 Å². The number of carbonyl (C=O) groups excluding carboxylic acids is 2. The average Bonchev–Trinajstić information content (AvgIpc) is 3.33. The minimum Gasteiger partial charge on any atom is -0.493 e. The molecular formula is C23H20ClF3N2O5. The lowest BCUT2D eigenvalue weighted by Gasteiger charge is -2.17. The third-order valence-corrected chi connectivity index (χ3v) is 4.80. The molecule has 180 valence electrons. The summed E-state index contributed by atoms with van der Waals surface area (Å²) in [6.45, 7) is 2.26. The SMILES string of the molecule is CCCOc1c(Cl)cc(C(=O)Nc2ccc(NC(=O)c3ccco3)cc2C(F)(F)F)cc1OC. The summed E-state index contributed by atoms with van der Waals surface area (Å²) in [7, 11) is 1.35. The van der Waals surface area contributed by atoms with E-state index in [0.29, 0.717) is 19.1 Å². The van der Waals surface area contributed by atoms with Crippen molar-refractivity contribution in [1.29, 1.82) is 0 Å². The van der Waals surface area contributed by atoms with Crippen LogP contribution in [-0.4, -0.2) is 25.5 Å². The standard InChI is InChI=1S/C23H20ClF3N2O5/c1-3-8-34-20-16(24)10-13(11-19(20)32-2)21(30)29-17-7-6-14(12-15(17)23(25,26)27)28-22(31)18-5-4-9-33-18/h4-7,9-12H,3,8H2,1-2H3,(H,28,31)(H,29,30). The van der Waals surface area contributed by atoms with E-state index in [9.17, 15) is 22.8 Å². The highest BCUT2D eigenvalue weighted by molar-refractivity contribution is 6.32. The number of carbonyl (C=O) groups is 2. The molecule has 0 unspecified atom stereocenters. The summed E-state index contributed by atoms with van der Waals surface area (Å²) in [5, 5.41) is 4.63. The van der Waals surface area contributed by atoms with Gasteiger partial charge in [0.15, 0.2) is 17.3 Å². The van der Waals surface area contributed by atoms with Crippen molar-refractivity contribution in [2.45, 2.75) is 19.5 Å². The van der Waals surface area contributed by atoms with Crippen LogP contribution in [0.3, 0.4) is 0 Å². The number of alkyl halides is 3. The van der Waals surface area contributed by atoms with Crippen LogP contribution >= 0.6 is 11.6 Å². The van der Waals surface area contributed by atoms with Crippen LogP contribution in [0.25, 0.3) is 0 Å². The third-order valence-electron chi connectivity index (χ3n) is 4.52. The van der Waals surface area contributed by atoms with Crippen LogP contribution in [0.4, 0.5) is 24.5 Å². The monoisotopic (exact) mass is 496 g/mol. The number of amides is 2. The molecule has 1 heterocycles. The number of benzene rings is 2. The van der Waals surface area contributed by atoms with Gasteiger partial charge < -0.3 is 24.5 Å². The second-order valence-corrected chi connectivity index (χ2v) is 7.39. The van der Waals surface area contributed by atoms with Crippen molar-refractivity contribution in [1.82, 2.24) is 0 Å². The van der Waals surface area contributed by atoms with Crippen molar-refractivity contribution in [3.8, 4) is 11.5 Å². The number of hydrogen-bond donors (Lipinski definition) is 2. The van der Waals surface area contributed by atoms with Gasteiger partial charge in [0.2, 0.25) is 0 Å². The quantitative estimate of drug-likeness (QED) is 0.384. The fourth-order valence-corrected chi connectivity index (χ4v) is 3.22. The fourth-order valence-electron chi connectivity index (χ4n) is 2.96. The van der Waals surface area contributed by atoms with E-state index in [0.717, 1.165) is 6.07 Å². The Morgan fingerprint density at radius 3 is 2.47 bits per heavy atom. The van der Waals surface area contributed by atoms with E-state index in [1.54, 1.807) is 0 Å². The highest BCUT2D eigenvalue weighted by Crippen LogP contribution is 2.39. The predicted octanol–water partition coefficient (Wildman–Crippen LogP) is 6.25. The van der Waals surface area contributed by atoms with Gasteiger partial charge in [-0.1, -0.05) is 18.5 Å². The van der Waals surface area contributed by atoms with Gasteiger partial charge in [-0.3, -0.25) is 9.59 Å². The second-order valence-electron chi connectivity index (χ2n) is 6.98. The molecule has 0 radical (unpaired) electrons. The molecule has 0 saturated heterocycles. The zero-order valence-electron chi connectivity index (χ0n) is 18.1. The molecule has 34 heavy (non-hydrogen) atoms. The molecule has 3 aromatic rings. The largest absolute Gasteiger partial charge is 0.493 e. The molecule has 7 nitrogen and oxygen atoms in total. The maximum absolute atomic E-state index is 13.7. The summed E-state index contributed by atoms with van der Waals surface area (Å²) in [6, 6.07) is 8.40. The molecule has 11 heteroatoms. The van der Waals surface area contributed by atoms with E-state index < -0.39 is 29.2 Å². The van der Waals surface area contributed by atoms with Crippen molar-refractivity contribution in [2.24, 2.45) is 0 Å².